The topological polar surface area (TPSA) is 87.3 Å². The second-order valence-corrected chi connectivity index (χ2v) is 5.20. The highest BCUT2D eigenvalue weighted by Crippen LogP contribution is 2.14. The molecule has 0 unspecified atom stereocenters. The first-order valence-electron chi connectivity index (χ1n) is 4.97. The molecule has 0 bridgehead atoms. The van der Waals surface area contributed by atoms with Gasteiger partial charge in [-0.05, 0) is 32.3 Å². The molecule has 0 spiro atoms. The first-order chi connectivity index (χ1) is 7.99. The lowest BCUT2D eigenvalue weighted by Gasteiger charge is -2.07. The van der Waals surface area contributed by atoms with E-state index in [1.54, 1.807) is 19.2 Å². The molecule has 8 heteroatoms. The maximum Gasteiger partial charge on any atom is 0.240 e. The van der Waals surface area contributed by atoms with E-state index < -0.39 is 10.0 Å². The van der Waals surface area contributed by atoms with Gasteiger partial charge in [0.25, 0.3) is 0 Å². The summed E-state index contributed by atoms with van der Waals surface area (Å²) in [7, 11) is -0.497. The van der Waals surface area contributed by atoms with Gasteiger partial charge in [-0.1, -0.05) is 6.07 Å². The lowest BCUT2D eigenvalue weighted by molar-refractivity contribution is -0.115. The van der Waals surface area contributed by atoms with E-state index in [4.69, 9.17) is 0 Å². The molecule has 102 valence electrons. The van der Waals surface area contributed by atoms with Crippen molar-refractivity contribution in [3.8, 4) is 0 Å². The average Bonchev–Trinajstić information content (AvgIpc) is 2.29. The molecule has 6 nitrogen and oxygen atoms in total. The molecule has 0 fully saturated rings. The van der Waals surface area contributed by atoms with Gasteiger partial charge < -0.3 is 10.6 Å². The van der Waals surface area contributed by atoms with E-state index in [9.17, 15) is 13.2 Å². The van der Waals surface area contributed by atoms with Gasteiger partial charge in [-0.2, -0.15) is 0 Å². The predicted molar refractivity (Wildman–Crippen MR) is 72.5 cm³/mol. The fourth-order valence-corrected chi connectivity index (χ4v) is 2.00. The van der Waals surface area contributed by atoms with Crippen molar-refractivity contribution in [2.45, 2.75) is 4.90 Å². The zero-order valence-electron chi connectivity index (χ0n) is 10.1. The van der Waals surface area contributed by atoms with Crippen LogP contribution in [0.5, 0.6) is 0 Å². The van der Waals surface area contributed by atoms with E-state index in [-0.39, 0.29) is 29.8 Å². The van der Waals surface area contributed by atoms with Gasteiger partial charge in [0.05, 0.1) is 11.4 Å². The molecule has 0 atom stereocenters. The molecule has 1 rings (SSSR count). The van der Waals surface area contributed by atoms with Crippen molar-refractivity contribution >= 4 is 34.0 Å². The standard InChI is InChI=1S/C10H15N3O3S.ClH/c1-11-7-10(14)13-8-4-3-5-9(6-8)17(15,16)12-2;/h3-6,11-12H,7H2,1-2H3,(H,13,14);1H. The van der Waals surface area contributed by atoms with Gasteiger partial charge in [-0.3, -0.25) is 4.79 Å². The highest BCUT2D eigenvalue weighted by molar-refractivity contribution is 7.89. The van der Waals surface area contributed by atoms with Gasteiger partial charge in [0, 0.05) is 5.69 Å². The van der Waals surface area contributed by atoms with Crippen molar-refractivity contribution in [1.82, 2.24) is 10.0 Å². The minimum Gasteiger partial charge on any atom is -0.325 e. The Morgan fingerprint density at radius 3 is 2.50 bits per heavy atom. The maximum atomic E-state index is 11.5. The molecule has 0 radical (unpaired) electrons. The smallest absolute Gasteiger partial charge is 0.240 e. The predicted octanol–water partition coefficient (Wildman–Crippen LogP) is 0.174. The van der Waals surface area contributed by atoms with Crippen molar-refractivity contribution in [2.75, 3.05) is 26.0 Å². The number of halogens is 1. The highest BCUT2D eigenvalue weighted by atomic mass is 35.5. The SMILES string of the molecule is CNCC(=O)Nc1cccc(S(=O)(=O)NC)c1.Cl. The van der Waals surface area contributed by atoms with Gasteiger partial charge in [0.15, 0.2) is 0 Å². The molecule has 0 aliphatic heterocycles. The molecular weight excluding hydrogens is 278 g/mol. The summed E-state index contributed by atoms with van der Waals surface area (Å²) in [6, 6.07) is 6.06. The summed E-state index contributed by atoms with van der Waals surface area (Å²) in [6.07, 6.45) is 0. The third kappa shape index (κ3) is 4.61. The third-order valence-electron chi connectivity index (χ3n) is 2.03. The van der Waals surface area contributed by atoms with Crippen LogP contribution in [0.3, 0.4) is 0 Å². The number of benzene rings is 1. The molecule has 3 N–H and O–H groups in total. The summed E-state index contributed by atoms with van der Waals surface area (Å²) in [6.45, 7) is 0.170. The van der Waals surface area contributed by atoms with E-state index in [2.05, 4.69) is 15.4 Å². The number of likely N-dealkylation sites (N-methyl/N-ethyl adjacent to an activating group) is 1. The first kappa shape index (κ1) is 16.9. The van der Waals surface area contributed by atoms with Crippen molar-refractivity contribution < 1.29 is 13.2 Å². The number of carbonyl (C=O) groups excluding carboxylic acids is 1. The number of rotatable bonds is 5. The van der Waals surface area contributed by atoms with Crippen molar-refractivity contribution in [1.29, 1.82) is 0 Å². The van der Waals surface area contributed by atoms with Crippen LogP contribution >= 0.6 is 12.4 Å². The monoisotopic (exact) mass is 293 g/mol. The number of hydrogen-bond acceptors (Lipinski definition) is 4. The molecule has 0 saturated carbocycles. The molecule has 1 aromatic rings. The number of carbonyl (C=O) groups is 1. The molecule has 1 aromatic carbocycles. The molecule has 0 aromatic heterocycles. The van der Waals surface area contributed by atoms with Crippen LogP contribution in [0.25, 0.3) is 0 Å². The Morgan fingerprint density at radius 2 is 1.94 bits per heavy atom. The number of anilines is 1. The number of hydrogen-bond donors (Lipinski definition) is 3. The van der Waals surface area contributed by atoms with Crippen LogP contribution < -0.4 is 15.4 Å². The second kappa shape index (κ2) is 7.32. The van der Waals surface area contributed by atoms with E-state index in [1.165, 1.54) is 19.2 Å². The van der Waals surface area contributed by atoms with Gasteiger partial charge >= 0.3 is 0 Å². The summed E-state index contributed by atoms with van der Waals surface area (Å²) in [4.78, 5) is 11.4. The second-order valence-electron chi connectivity index (χ2n) is 3.31. The van der Waals surface area contributed by atoms with E-state index in [1.807, 2.05) is 0 Å². The lowest BCUT2D eigenvalue weighted by atomic mass is 10.3. The fraction of sp³-hybridized carbons (Fsp3) is 0.300. The van der Waals surface area contributed by atoms with Crippen LogP contribution in [-0.2, 0) is 14.8 Å². The van der Waals surface area contributed by atoms with Crippen molar-refractivity contribution in [3.63, 3.8) is 0 Å². The van der Waals surface area contributed by atoms with E-state index >= 15 is 0 Å². The first-order valence-corrected chi connectivity index (χ1v) is 6.46. The Kier molecular flexibility index (Phi) is 6.85. The minimum absolute atomic E-state index is 0. The Hall–Kier alpha value is -1.15. The van der Waals surface area contributed by atoms with Crippen molar-refractivity contribution in [3.05, 3.63) is 24.3 Å². The normalized spacial score (nSPS) is 10.6. The Labute approximate surface area is 113 Å². The van der Waals surface area contributed by atoms with Crippen LogP contribution in [0.4, 0.5) is 5.69 Å². The summed E-state index contributed by atoms with van der Waals surface area (Å²) < 4.78 is 25.3. The Balaban J connectivity index is 0.00000289. The summed E-state index contributed by atoms with van der Waals surface area (Å²) in [5.74, 6) is -0.230. The third-order valence-corrected chi connectivity index (χ3v) is 3.45. The summed E-state index contributed by atoms with van der Waals surface area (Å²) in [5, 5.41) is 5.29. The van der Waals surface area contributed by atoms with Crippen LogP contribution in [0, 0.1) is 0 Å². The van der Waals surface area contributed by atoms with Gasteiger partial charge in [-0.15, -0.1) is 12.4 Å². The molecule has 18 heavy (non-hydrogen) atoms. The Morgan fingerprint density at radius 1 is 1.28 bits per heavy atom. The van der Waals surface area contributed by atoms with Gasteiger partial charge in [-0.25, -0.2) is 13.1 Å². The quantitative estimate of drug-likeness (QED) is 0.722. The summed E-state index contributed by atoms with van der Waals surface area (Å²) in [5.41, 5.74) is 0.446. The molecule has 1 amide bonds. The fourth-order valence-electron chi connectivity index (χ4n) is 1.22. The van der Waals surface area contributed by atoms with Crippen LogP contribution in [0.1, 0.15) is 0 Å². The van der Waals surface area contributed by atoms with Crippen LogP contribution in [0.2, 0.25) is 0 Å². The van der Waals surface area contributed by atoms with Crippen molar-refractivity contribution in [2.24, 2.45) is 0 Å². The largest absolute Gasteiger partial charge is 0.325 e. The average molecular weight is 294 g/mol. The highest BCUT2D eigenvalue weighted by Gasteiger charge is 2.11. The van der Waals surface area contributed by atoms with Gasteiger partial charge in [0.2, 0.25) is 15.9 Å². The van der Waals surface area contributed by atoms with Gasteiger partial charge in [0.1, 0.15) is 0 Å². The Bertz CT molecular complexity index is 505. The number of nitrogens with one attached hydrogen (secondary N) is 3. The number of amides is 1. The lowest BCUT2D eigenvalue weighted by Crippen LogP contribution is -2.25. The van der Waals surface area contributed by atoms with E-state index in [0.717, 1.165) is 0 Å². The van der Waals surface area contributed by atoms with E-state index in [0.29, 0.717) is 5.69 Å². The molecule has 0 saturated heterocycles. The zero-order chi connectivity index (χ0) is 12.9. The van der Waals surface area contributed by atoms with Crippen LogP contribution in [0.15, 0.2) is 29.2 Å². The zero-order valence-corrected chi connectivity index (χ0v) is 11.7. The minimum atomic E-state index is -3.49. The van der Waals surface area contributed by atoms with Crippen LogP contribution in [-0.4, -0.2) is 35.0 Å². The number of sulfonamides is 1. The maximum absolute atomic E-state index is 11.5. The molecule has 0 aliphatic rings. The molecule has 0 aliphatic carbocycles. The molecular formula is C10H16ClN3O3S. The molecule has 0 heterocycles. The summed E-state index contributed by atoms with van der Waals surface area (Å²) >= 11 is 0.